The number of non-ortho nitro benzene ring substituents is 1. The van der Waals surface area contributed by atoms with Gasteiger partial charge in [-0.05, 0) is 6.07 Å². The first-order chi connectivity index (χ1) is 8.96. The Hall–Kier alpha value is -2.04. The van der Waals surface area contributed by atoms with Crippen LogP contribution in [0.1, 0.15) is 5.56 Å². The molecule has 1 aliphatic rings. The molecule has 0 spiro atoms. The van der Waals surface area contributed by atoms with Gasteiger partial charge in [0.1, 0.15) is 5.75 Å². The monoisotopic (exact) mass is 303 g/mol. The molecule has 0 aliphatic carbocycles. The molecule has 2 rings (SSSR count). The van der Waals surface area contributed by atoms with Gasteiger partial charge in [-0.1, -0.05) is 0 Å². The molecule has 0 bridgehead atoms. The zero-order valence-corrected chi connectivity index (χ0v) is 9.08. The van der Waals surface area contributed by atoms with E-state index in [0.29, 0.717) is 12.1 Å². The summed E-state index contributed by atoms with van der Waals surface area (Å²) in [6.45, 7) is 0. The Balaban J connectivity index is 2.55. The molecular weight excluding hydrogens is 300 g/mol. The molecule has 1 heterocycles. The first-order valence-electron chi connectivity index (χ1n) is 4.78. The number of hydrogen-bond donors (Lipinski definition) is 0. The summed E-state index contributed by atoms with van der Waals surface area (Å²) in [4.78, 5) is 9.35. The second kappa shape index (κ2) is 3.98. The highest BCUT2D eigenvalue weighted by Gasteiger charge is 2.68. The van der Waals surface area contributed by atoms with Gasteiger partial charge in [-0.15, -0.1) is 0 Å². The van der Waals surface area contributed by atoms with Gasteiger partial charge in [-0.3, -0.25) is 10.1 Å². The van der Waals surface area contributed by atoms with E-state index in [-0.39, 0.29) is 6.07 Å². The third kappa shape index (κ3) is 2.13. The van der Waals surface area contributed by atoms with Gasteiger partial charge < -0.3 is 4.74 Å². The summed E-state index contributed by atoms with van der Waals surface area (Å²) in [6, 6.07) is -3.77. The normalized spacial score (nSPS) is 24.7. The van der Waals surface area contributed by atoms with E-state index in [1.807, 2.05) is 0 Å². The zero-order chi connectivity index (χ0) is 15.3. The fourth-order valence-corrected chi connectivity index (χ4v) is 1.45. The molecule has 110 valence electrons. The Labute approximate surface area is 105 Å². The van der Waals surface area contributed by atoms with Crippen LogP contribution in [0.3, 0.4) is 0 Å². The zero-order valence-electron chi connectivity index (χ0n) is 9.08. The van der Waals surface area contributed by atoms with Crippen LogP contribution in [0.25, 0.3) is 0 Å². The van der Waals surface area contributed by atoms with Gasteiger partial charge in [0, 0.05) is 12.1 Å². The van der Waals surface area contributed by atoms with E-state index in [1.165, 1.54) is 0 Å². The van der Waals surface area contributed by atoms with Crippen LogP contribution in [-0.2, 0) is 10.8 Å². The number of hydrogen-bond acceptors (Lipinski definition) is 4. The number of alkyl halides is 6. The third-order valence-corrected chi connectivity index (χ3v) is 2.33. The number of halogens is 6. The van der Waals surface area contributed by atoms with Crippen molar-refractivity contribution in [3.05, 3.63) is 33.9 Å². The molecule has 0 unspecified atom stereocenters. The van der Waals surface area contributed by atoms with Gasteiger partial charge in [0.15, 0.2) is 0 Å². The maximum atomic E-state index is 13.4. The number of nitro groups is 1. The molecule has 11 heteroatoms. The standard InChI is InChI=1S/C9H3F6NO4/c10-7(11)5-3-4(16(17)18)1-2-6(5)19-9(15,20-7)8(12,13)14/h1-3H/t9-/m0/s1. The van der Waals surface area contributed by atoms with Crippen LogP contribution in [0.15, 0.2) is 18.2 Å². The molecule has 1 aliphatic heterocycles. The van der Waals surface area contributed by atoms with Crippen molar-refractivity contribution in [2.75, 3.05) is 0 Å². The lowest BCUT2D eigenvalue weighted by atomic mass is 10.1. The smallest absolute Gasteiger partial charge is 0.428 e. The van der Waals surface area contributed by atoms with Gasteiger partial charge in [0.05, 0.1) is 10.5 Å². The van der Waals surface area contributed by atoms with Crippen molar-refractivity contribution >= 4 is 5.69 Å². The van der Waals surface area contributed by atoms with Crippen LogP contribution in [0.4, 0.5) is 32.0 Å². The molecule has 0 aromatic heterocycles. The minimum Gasteiger partial charge on any atom is -0.428 e. The van der Waals surface area contributed by atoms with E-state index in [4.69, 9.17) is 0 Å². The van der Waals surface area contributed by atoms with Crippen molar-refractivity contribution in [2.24, 2.45) is 0 Å². The second-order valence-corrected chi connectivity index (χ2v) is 3.69. The van der Waals surface area contributed by atoms with Crippen molar-refractivity contribution in [1.29, 1.82) is 0 Å². The molecule has 1 atom stereocenters. The summed E-state index contributed by atoms with van der Waals surface area (Å²) in [5.41, 5.74) is -2.21. The van der Waals surface area contributed by atoms with E-state index in [9.17, 15) is 36.5 Å². The van der Waals surface area contributed by atoms with E-state index in [0.717, 1.165) is 0 Å². The summed E-state index contributed by atoms with van der Waals surface area (Å²) < 4.78 is 83.8. The average molecular weight is 303 g/mol. The van der Waals surface area contributed by atoms with Crippen LogP contribution >= 0.6 is 0 Å². The molecule has 0 amide bonds. The third-order valence-electron chi connectivity index (χ3n) is 2.33. The highest BCUT2D eigenvalue weighted by atomic mass is 19.4. The maximum absolute atomic E-state index is 13.4. The molecular formula is C9H3F6NO4. The van der Waals surface area contributed by atoms with Gasteiger partial charge in [0.25, 0.3) is 5.69 Å². The molecule has 0 radical (unpaired) electrons. The summed E-state index contributed by atoms with van der Waals surface area (Å²) in [5, 5.41) is 10.4. The number of rotatable bonds is 1. The van der Waals surface area contributed by atoms with Gasteiger partial charge >= 0.3 is 18.3 Å². The Bertz CT molecular complexity index is 574. The van der Waals surface area contributed by atoms with Crippen LogP contribution in [-0.4, -0.2) is 17.1 Å². The topological polar surface area (TPSA) is 61.6 Å². The molecule has 0 saturated carbocycles. The Morgan fingerprint density at radius 3 is 2.30 bits per heavy atom. The van der Waals surface area contributed by atoms with Gasteiger partial charge in [0.2, 0.25) is 0 Å². The minimum atomic E-state index is -5.88. The lowest BCUT2D eigenvalue weighted by Crippen LogP contribution is -2.54. The van der Waals surface area contributed by atoms with Crippen molar-refractivity contribution in [2.45, 2.75) is 18.3 Å². The lowest BCUT2D eigenvalue weighted by molar-refractivity contribution is -0.487. The highest BCUT2D eigenvalue weighted by molar-refractivity contribution is 5.46. The van der Waals surface area contributed by atoms with Crippen molar-refractivity contribution < 1.29 is 40.7 Å². The van der Waals surface area contributed by atoms with Crippen LogP contribution in [0.2, 0.25) is 0 Å². The number of fused-ring (bicyclic) bond motifs is 1. The summed E-state index contributed by atoms with van der Waals surface area (Å²) >= 11 is 0. The molecule has 0 fully saturated rings. The number of benzene rings is 1. The van der Waals surface area contributed by atoms with Crippen LogP contribution in [0.5, 0.6) is 5.75 Å². The molecule has 1 aromatic carbocycles. The maximum Gasteiger partial charge on any atom is 0.491 e. The molecule has 1 aromatic rings. The van der Waals surface area contributed by atoms with E-state index >= 15 is 0 Å². The molecule has 0 N–H and O–H groups in total. The first kappa shape index (κ1) is 14.4. The number of nitrogens with zero attached hydrogens (tertiary/aromatic N) is 1. The fourth-order valence-electron chi connectivity index (χ4n) is 1.45. The number of ether oxygens (including phenoxy) is 2. The van der Waals surface area contributed by atoms with Crippen LogP contribution in [0, 0.1) is 10.1 Å². The van der Waals surface area contributed by atoms with Crippen molar-refractivity contribution in [1.82, 2.24) is 0 Å². The fraction of sp³-hybridized carbons (Fsp3) is 0.333. The van der Waals surface area contributed by atoms with E-state index in [2.05, 4.69) is 9.47 Å². The first-order valence-corrected chi connectivity index (χ1v) is 4.78. The second-order valence-electron chi connectivity index (χ2n) is 3.69. The van der Waals surface area contributed by atoms with E-state index < -0.39 is 40.2 Å². The Morgan fingerprint density at radius 1 is 1.20 bits per heavy atom. The van der Waals surface area contributed by atoms with Gasteiger partial charge in [-0.2, -0.15) is 26.3 Å². The minimum absolute atomic E-state index is 0.241. The largest absolute Gasteiger partial charge is 0.491 e. The van der Waals surface area contributed by atoms with Crippen molar-refractivity contribution in [3.63, 3.8) is 0 Å². The molecule has 0 saturated heterocycles. The average Bonchev–Trinajstić information content (AvgIpc) is 2.25. The lowest BCUT2D eigenvalue weighted by Gasteiger charge is -2.36. The quantitative estimate of drug-likeness (QED) is 0.454. The predicted octanol–water partition coefficient (Wildman–Crippen LogP) is 3.24. The summed E-state index contributed by atoms with van der Waals surface area (Å²) in [6.07, 6.45) is -10.6. The summed E-state index contributed by atoms with van der Waals surface area (Å²) in [7, 11) is 0. The number of nitro benzene ring substituents is 1. The van der Waals surface area contributed by atoms with Crippen molar-refractivity contribution in [3.8, 4) is 5.75 Å². The van der Waals surface area contributed by atoms with E-state index in [1.54, 1.807) is 0 Å². The highest BCUT2D eigenvalue weighted by Crippen LogP contribution is 2.51. The van der Waals surface area contributed by atoms with Crippen LogP contribution < -0.4 is 4.74 Å². The SMILES string of the molecule is O=[N+]([O-])c1ccc2c(c1)C(F)(F)O[C@](F)(C(F)(F)F)O2. The summed E-state index contributed by atoms with van der Waals surface area (Å²) in [5.74, 6) is -1.20. The Kier molecular flexibility index (Phi) is 2.86. The molecule has 20 heavy (non-hydrogen) atoms. The Morgan fingerprint density at radius 2 is 1.80 bits per heavy atom. The molecule has 5 nitrogen and oxygen atoms in total. The van der Waals surface area contributed by atoms with Gasteiger partial charge in [-0.25, -0.2) is 4.74 Å². The predicted molar refractivity (Wildman–Crippen MR) is 48.6 cm³/mol.